The first kappa shape index (κ1) is 13.0. The summed E-state index contributed by atoms with van der Waals surface area (Å²) in [6, 6.07) is 15.6. The molecule has 0 aliphatic heterocycles. The van der Waals surface area contributed by atoms with Gasteiger partial charge in [-0.1, -0.05) is 0 Å². The molecule has 0 saturated carbocycles. The molecule has 0 amide bonds. The Kier molecular flexibility index (Phi) is 4.04. The smallest absolute Gasteiger partial charge is 0.119 e. The molecule has 19 heavy (non-hydrogen) atoms. The van der Waals surface area contributed by atoms with Gasteiger partial charge in [-0.05, 0) is 61.9 Å². The van der Waals surface area contributed by atoms with E-state index in [9.17, 15) is 0 Å². The molecule has 3 heteroatoms. The highest BCUT2D eigenvalue weighted by molar-refractivity contribution is 5.64. The zero-order valence-corrected chi connectivity index (χ0v) is 11.1. The largest absolute Gasteiger partial charge is 0.494 e. The molecule has 0 aromatic heterocycles. The van der Waals surface area contributed by atoms with Gasteiger partial charge in [0.1, 0.15) is 5.75 Å². The van der Waals surface area contributed by atoms with Gasteiger partial charge in [0.25, 0.3) is 0 Å². The van der Waals surface area contributed by atoms with Crippen molar-refractivity contribution in [1.29, 1.82) is 5.26 Å². The number of anilines is 2. The Morgan fingerprint density at radius 1 is 1.16 bits per heavy atom. The number of nitrogens with zero attached hydrogens (tertiary/aromatic N) is 1. The lowest BCUT2D eigenvalue weighted by Gasteiger charge is -2.10. The van der Waals surface area contributed by atoms with Gasteiger partial charge in [0.15, 0.2) is 0 Å². The Balaban J connectivity index is 2.15. The summed E-state index contributed by atoms with van der Waals surface area (Å²) < 4.78 is 5.40. The second kappa shape index (κ2) is 5.92. The molecule has 0 aliphatic carbocycles. The maximum atomic E-state index is 8.84. The van der Waals surface area contributed by atoms with Gasteiger partial charge in [-0.25, -0.2) is 0 Å². The van der Waals surface area contributed by atoms with Crippen molar-refractivity contribution in [3.05, 3.63) is 53.6 Å². The van der Waals surface area contributed by atoms with Crippen LogP contribution in [-0.4, -0.2) is 6.61 Å². The highest BCUT2D eigenvalue weighted by Gasteiger charge is 2.01. The molecule has 2 aromatic carbocycles. The van der Waals surface area contributed by atoms with Crippen LogP contribution in [0.5, 0.6) is 5.75 Å². The molecule has 0 bridgehead atoms. The van der Waals surface area contributed by atoms with Crippen molar-refractivity contribution in [2.75, 3.05) is 11.9 Å². The molecule has 96 valence electrons. The van der Waals surface area contributed by atoms with Gasteiger partial charge in [-0.3, -0.25) is 0 Å². The lowest BCUT2D eigenvalue weighted by atomic mass is 10.1. The second-order valence-corrected chi connectivity index (χ2v) is 4.22. The van der Waals surface area contributed by atoms with Crippen molar-refractivity contribution in [3.63, 3.8) is 0 Å². The van der Waals surface area contributed by atoms with Crippen molar-refractivity contribution in [2.45, 2.75) is 13.8 Å². The number of nitriles is 1. The quantitative estimate of drug-likeness (QED) is 0.894. The molecule has 0 spiro atoms. The maximum Gasteiger partial charge on any atom is 0.119 e. The molecule has 2 aromatic rings. The first-order valence-corrected chi connectivity index (χ1v) is 6.23. The Labute approximate surface area is 113 Å². The molecule has 0 aliphatic rings. The van der Waals surface area contributed by atoms with Crippen molar-refractivity contribution < 1.29 is 4.74 Å². The van der Waals surface area contributed by atoms with E-state index in [1.54, 1.807) is 0 Å². The molecular weight excluding hydrogens is 236 g/mol. The Morgan fingerprint density at radius 3 is 2.47 bits per heavy atom. The zero-order valence-electron chi connectivity index (χ0n) is 11.1. The molecule has 0 atom stereocenters. The summed E-state index contributed by atoms with van der Waals surface area (Å²) in [6.45, 7) is 4.62. The van der Waals surface area contributed by atoms with Crippen LogP contribution in [0.2, 0.25) is 0 Å². The lowest BCUT2D eigenvalue weighted by Crippen LogP contribution is -1.95. The van der Waals surface area contributed by atoms with Crippen molar-refractivity contribution in [1.82, 2.24) is 0 Å². The van der Waals surface area contributed by atoms with Gasteiger partial charge in [-0.15, -0.1) is 0 Å². The standard InChI is InChI=1S/C16H16N2O/c1-3-19-15-7-5-14(6-8-15)18-16-9-4-13(11-17)10-12(16)2/h4-10,18H,3H2,1-2H3. The fourth-order valence-corrected chi connectivity index (χ4v) is 1.83. The van der Waals surface area contributed by atoms with Crippen LogP contribution in [0.3, 0.4) is 0 Å². The van der Waals surface area contributed by atoms with Gasteiger partial charge in [-0.2, -0.15) is 5.26 Å². The summed E-state index contributed by atoms with van der Waals surface area (Å²) in [7, 11) is 0. The number of ether oxygens (including phenoxy) is 1. The fraction of sp³-hybridized carbons (Fsp3) is 0.188. The van der Waals surface area contributed by atoms with Crippen molar-refractivity contribution >= 4 is 11.4 Å². The van der Waals surface area contributed by atoms with Gasteiger partial charge in [0, 0.05) is 11.4 Å². The van der Waals surface area contributed by atoms with E-state index in [-0.39, 0.29) is 0 Å². The van der Waals surface area contributed by atoms with E-state index in [0.29, 0.717) is 12.2 Å². The van der Waals surface area contributed by atoms with Gasteiger partial charge >= 0.3 is 0 Å². The predicted octanol–water partition coefficient (Wildman–Crippen LogP) is 4.01. The molecule has 2 rings (SSSR count). The summed E-state index contributed by atoms with van der Waals surface area (Å²) in [4.78, 5) is 0. The number of rotatable bonds is 4. The van der Waals surface area contributed by atoms with E-state index < -0.39 is 0 Å². The first-order chi connectivity index (χ1) is 9.22. The van der Waals surface area contributed by atoms with Crippen molar-refractivity contribution in [3.8, 4) is 11.8 Å². The minimum absolute atomic E-state index is 0.668. The topological polar surface area (TPSA) is 45.0 Å². The van der Waals surface area contributed by atoms with E-state index in [1.807, 2.05) is 56.3 Å². The normalized spacial score (nSPS) is 9.74. The fourth-order valence-electron chi connectivity index (χ4n) is 1.83. The molecule has 0 unspecified atom stereocenters. The predicted molar refractivity (Wildman–Crippen MR) is 76.8 cm³/mol. The minimum atomic E-state index is 0.668. The van der Waals surface area contributed by atoms with Crippen LogP contribution in [0.15, 0.2) is 42.5 Å². The van der Waals surface area contributed by atoms with Gasteiger partial charge < -0.3 is 10.1 Å². The third-order valence-corrected chi connectivity index (χ3v) is 2.80. The highest BCUT2D eigenvalue weighted by atomic mass is 16.5. The van der Waals surface area contributed by atoms with E-state index >= 15 is 0 Å². The molecule has 0 radical (unpaired) electrons. The average molecular weight is 252 g/mol. The van der Waals surface area contributed by atoms with Crippen LogP contribution in [-0.2, 0) is 0 Å². The molecule has 3 nitrogen and oxygen atoms in total. The Morgan fingerprint density at radius 2 is 1.89 bits per heavy atom. The summed E-state index contributed by atoms with van der Waals surface area (Å²) in [5.41, 5.74) is 3.72. The summed E-state index contributed by atoms with van der Waals surface area (Å²) in [5.74, 6) is 0.865. The van der Waals surface area contributed by atoms with Crippen LogP contribution in [0.1, 0.15) is 18.1 Å². The molecular formula is C16H16N2O. The van der Waals surface area contributed by atoms with Crippen molar-refractivity contribution in [2.24, 2.45) is 0 Å². The Bertz CT molecular complexity index is 597. The molecule has 0 heterocycles. The minimum Gasteiger partial charge on any atom is -0.494 e. The van der Waals surface area contributed by atoms with E-state index in [1.165, 1.54) is 0 Å². The highest BCUT2D eigenvalue weighted by Crippen LogP contribution is 2.23. The summed E-state index contributed by atoms with van der Waals surface area (Å²) in [6.07, 6.45) is 0. The second-order valence-electron chi connectivity index (χ2n) is 4.22. The molecule has 1 N–H and O–H groups in total. The number of hydrogen-bond donors (Lipinski definition) is 1. The molecule has 0 saturated heterocycles. The van der Waals surface area contributed by atoms with Crippen LogP contribution >= 0.6 is 0 Å². The average Bonchev–Trinajstić information content (AvgIpc) is 2.43. The molecule has 0 fully saturated rings. The van der Waals surface area contributed by atoms with Crippen LogP contribution in [0.4, 0.5) is 11.4 Å². The summed E-state index contributed by atoms with van der Waals surface area (Å²) >= 11 is 0. The SMILES string of the molecule is CCOc1ccc(Nc2ccc(C#N)cc2C)cc1. The van der Waals surface area contributed by atoms with Crippen LogP contribution < -0.4 is 10.1 Å². The van der Waals surface area contributed by atoms with Crippen LogP contribution in [0.25, 0.3) is 0 Å². The summed E-state index contributed by atoms with van der Waals surface area (Å²) in [5, 5.41) is 12.2. The first-order valence-electron chi connectivity index (χ1n) is 6.23. The number of nitrogens with one attached hydrogen (secondary N) is 1. The third kappa shape index (κ3) is 3.26. The third-order valence-electron chi connectivity index (χ3n) is 2.80. The van der Waals surface area contributed by atoms with Gasteiger partial charge in [0.2, 0.25) is 0 Å². The van der Waals surface area contributed by atoms with E-state index in [0.717, 1.165) is 22.7 Å². The van der Waals surface area contributed by atoms with E-state index in [2.05, 4.69) is 11.4 Å². The zero-order chi connectivity index (χ0) is 13.7. The number of hydrogen-bond acceptors (Lipinski definition) is 3. The monoisotopic (exact) mass is 252 g/mol. The number of aryl methyl sites for hydroxylation is 1. The maximum absolute atomic E-state index is 8.84. The Hall–Kier alpha value is -2.47. The van der Waals surface area contributed by atoms with E-state index in [4.69, 9.17) is 10.00 Å². The lowest BCUT2D eigenvalue weighted by molar-refractivity contribution is 0.340. The van der Waals surface area contributed by atoms with Crippen LogP contribution in [0, 0.1) is 18.3 Å². The van der Waals surface area contributed by atoms with Gasteiger partial charge in [0.05, 0.1) is 18.2 Å². The number of benzene rings is 2.